The number of pyridine rings is 3. The summed E-state index contributed by atoms with van der Waals surface area (Å²) in [5.74, 6) is 0.685. The van der Waals surface area contributed by atoms with Gasteiger partial charge in [0, 0.05) is 23.5 Å². The van der Waals surface area contributed by atoms with Gasteiger partial charge in [0.15, 0.2) is 0 Å². The van der Waals surface area contributed by atoms with E-state index in [1.54, 1.807) is 40.8 Å². The molecule has 0 aliphatic carbocycles. The molecule has 148 valence electrons. The molecule has 0 atom stereocenters. The van der Waals surface area contributed by atoms with Crippen LogP contribution < -0.4 is 11.1 Å². The van der Waals surface area contributed by atoms with Gasteiger partial charge in [-0.3, -0.25) is 19.1 Å². The lowest BCUT2D eigenvalue weighted by molar-refractivity contribution is 0.490. The third-order valence-corrected chi connectivity index (χ3v) is 5.37. The first kappa shape index (κ1) is 18.1. The fourth-order valence-corrected chi connectivity index (χ4v) is 3.85. The lowest BCUT2D eigenvalue weighted by atomic mass is 10.1. The Bertz CT molecular complexity index is 1510. The van der Waals surface area contributed by atoms with Gasteiger partial charge in [0.1, 0.15) is 5.76 Å². The van der Waals surface area contributed by atoms with Crippen molar-refractivity contribution in [2.75, 3.05) is 0 Å². The summed E-state index contributed by atoms with van der Waals surface area (Å²) in [4.78, 5) is 31.1. The van der Waals surface area contributed by atoms with E-state index in [0.29, 0.717) is 39.7 Å². The largest absolute Gasteiger partial charge is 0.467 e. The van der Waals surface area contributed by atoms with E-state index in [4.69, 9.17) is 4.42 Å². The van der Waals surface area contributed by atoms with Crippen LogP contribution in [0.5, 0.6) is 0 Å². The molecule has 0 aliphatic rings. The smallest absolute Gasteiger partial charge is 0.265 e. The molecule has 5 rings (SSSR count). The second-order valence-corrected chi connectivity index (χ2v) is 7.40. The van der Waals surface area contributed by atoms with Crippen molar-refractivity contribution in [2.24, 2.45) is 0 Å². The molecular weight excluding hydrogens is 378 g/mol. The van der Waals surface area contributed by atoms with Crippen molar-refractivity contribution in [3.05, 3.63) is 105 Å². The lowest BCUT2D eigenvalue weighted by Crippen LogP contribution is -2.23. The average Bonchev–Trinajstić information content (AvgIpc) is 3.24. The second-order valence-electron chi connectivity index (χ2n) is 7.40. The molecule has 0 saturated heterocycles. The molecule has 0 unspecified atom stereocenters. The third-order valence-electron chi connectivity index (χ3n) is 5.37. The minimum absolute atomic E-state index is 0.194. The van der Waals surface area contributed by atoms with Crippen molar-refractivity contribution in [2.45, 2.75) is 20.4 Å². The van der Waals surface area contributed by atoms with Gasteiger partial charge in [-0.15, -0.1) is 0 Å². The van der Waals surface area contributed by atoms with Crippen LogP contribution in [0.15, 0.2) is 81.2 Å². The molecule has 0 saturated carbocycles. The summed E-state index contributed by atoms with van der Waals surface area (Å²) in [6.45, 7) is 4.12. The van der Waals surface area contributed by atoms with Gasteiger partial charge in [0.2, 0.25) is 0 Å². The van der Waals surface area contributed by atoms with Gasteiger partial charge in [0.25, 0.3) is 11.1 Å². The zero-order chi connectivity index (χ0) is 20.8. The molecule has 4 heterocycles. The molecule has 30 heavy (non-hydrogen) atoms. The van der Waals surface area contributed by atoms with Crippen LogP contribution >= 0.6 is 0 Å². The summed E-state index contributed by atoms with van der Waals surface area (Å²) in [5, 5.41) is 1.51. The zero-order valence-corrected chi connectivity index (χ0v) is 16.6. The van der Waals surface area contributed by atoms with Crippen molar-refractivity contribution in [1.29, 1.82) is 0 Å². The third kappa shape index (κ3) is 2.85. The van der Waals surface area contributed by atoms with Crippen LogP contribution in [0.1, 0.15) is 17.0 Å². The summed E-state index contributed by atoms with van der Waals surface area (Å²) < 4.78 is 8.53. The lowest BCUT2D eigenvalue weighted by Gasteiger charge is -2.12. The van der Waals surface area contributed by atoms with Crippen molar-refractivity contribution in [1.82, 2.24) is 14.1 Å². The maximum Gasteiger partial charge on any atom is 0.265 e. The van der Waals surface area contributed by atoms with Crippen LogP contribution in [0.4, 0.5) is 0 Å². The molecule has 6 nitrogen and oxygen atoms in total. The van der Waals surface area contributed by atoms with E-state index in [0.717, 1.165) is 11.3 Å². The van der Waals surface area contributed by atoms with E-state index in [1.165, 1.54) is 0 Å². The maximum absolute atomic E-state index is 13.4. The van der Waals surface area contributed by atoms with Crippen LogP contribution in [-0.4, -0.2) is 14.1 Å². The number of rotatable bonds is 3. The standard InChI is InChI=1S/C24H19N3O3/c1-15-5-7-17(8-6-15)27-12-10-20-22(24(27)29)19-9-11-26(14-18-4-3-13-30-18)23(28)21(19)16(2)25-20/h3-13H,14H2,1-2H3. The number of furan rings is 1. The van der Waals surface area contributed by atoms with Crippen molar-refractivity contribution >= 4 is 21.7 Å². The molecule has 0 radical (unpaired) electrons. The minimum atomic E-state index is -0.197. The van der Waals surface area contributed by atoms with E-state index < -0.39 is 0 Å². The molecule has 5 aromatic rings. The summed E-state index contributed by atoms with van der Waals surface area (Å²) in [7, 11) is 0. The molecular formula is C24H19N3O3. The molecule has 0 aliphatic heterocycles. The predicted octanol–water partition coefficient (Wildman–Crippen LogP) is 3.96. The minimum Gasteiger partial charge on any atom is -0.467 e. The van der Waals surface area contributed by atoms with Gasteiger partial charge in [-0.05, 0) is 50.2 Å². The first-order valence-electron chi connectivity index (χ1n) is 9.67. The summed E-state index contributed by atoms with van der Waals surface area (Å²) in [5.41, 5.74) is 2.68. The highest BCUT2D eigenvalue weighted by atomic mass is 16.3. The summed E-state index contributed by atoms with van der Waals surface area (Å²) >= 11 is 0. The van der Waals surface area contributed by atoms with Gasteiger partial charge in [-0.1, -0.05) is 17.7 Å². The zero-order valence-electron chi connectivity index (χ0n) is 16.6. The van der Waals surface area contributed by atoms with Gasteiger partial charge in [-0.2, -0.15) is 0 Å². The van der Waals surface area contributed by atoms with Crippen molar-refractivity contribution in [3.8, 4) is 5.69 Å². The van der Waals surface area contributed by atoms with Gasteiger partial charge < -0.3 is 8.98 Å². The van der Waals surface area contributed by atoms with Crippen LogP contribution in [0.25, 0.3) is 27.4 Å². The number of fused-ring (bicyclic) bond motifs is 3. The van der Waals surface area contributed by atoms with Crippen LogP contribution in [-0.2, 0) is 6.54 Å². The first-order valence-corrected chi connectivity index (χ1v) is 9.67. The maximum atomic E-state index is 13.4. The highest BCUT2D eigenvalue weighted by Crippen LogP contribution is 2.22. The quantitative estimate of drug-likeness (QED) is 0.432. The van der Waals surface area contributed by atoms with E-state index >= 15 is 0 Å². The van der Waals surface area contributed by atoms with E-state index in [9.17, 15) is 9.59 Å². The molecule has 0 amide bonds. The first-order chi connectivity index (χ1) is 14.5. The number of aromatic nitrogens is 3. The molecule has 0 N–H and O–H groups in total. The van der Waals surface area contributed by atoms with Crippen LogP contribution in [0, 0.1) is 13.8 Å². The fraction of sp³-hybridized carbons (Fsp3) is 0.125. The molecule has 0 fully saturated rings. The topological polar surface area (TPSA) is 70.0 Å². The molecule has 0 spiro atoms. The van der Waals surface area contributed by atoms with Crippen molar-refractivity contribution in [3.63, 3.8) is 0 Å². The number of hydrogen-bond donors (Lipinski definition) is 0. The van der Waals surface area contributed by atoms with Crippen LogP contribution in [0.3, 0.4) is 0 Å². The van der Waals surface area contributed by atoms with Gasteiger partial charge in [-0.25, -0.2) is 0 Å². The number of aryl methyl sites for hydroxylation is 2. The Balaban J connectivity index is 1.78. The predicted molar refractivity (Wildman–Crippen MR) is 116 cm³/mol. The average molecular weight is 397 g/mol. The van der Waals surface area contributed by atoms with Crippen LogP contribution in [0.2, 0.25) is 0 Å². The monoisotopic (exact) mass is 397 g/mol. The molecule has 6 heteroatoms. The van der Waals surface area contributed by atoms with Gasteiger partial charge in [0.05, 0.1) is 34.8 Å². The van der Waals surface area contributed by atoms with E-state index in [2.05, 4.69) is 4.98 Å². The second kappa shape index (κ2) is 6.84. The fourth-order valence-electron chi connectivity index (χ4n) is 3.85. The molecule has 1 aromatic carbocycles. The Kier molecular flexibility index (Phi) is 4.13. The molecule has 4 aromatic heterocycles. The Morgan fingerprint density at radius 2 is 1.70 bits per heavy atom. The summed E-state index contributed by atoms with van der Waals surface area (Å²) in [6, 6.07) is 15.0. The SMILES string of the molecule is Cc1ccc(-n2ccc3nc(C)c4c(=O)n(Cc5ccco5)ccc4c3c2=O)cc1. The Hall–Kier alpha value is -3.93. The Morgan fingerprint density at radius 3 is 2.43 bits per heavy atom. The summed E-state index contributed by atoms with van der Waals surface area (Å²) in [6.07, 6.45) is 5.01. The van der Waals surface area contributed by atoms with E-state index in [1.807, 2.05) is 49.4 Å². The number of hydrogen-bond acceptors (Lipinski definition) is 4. The van der Waals surface area contributed by atoms with E-state index in [-0.39, 0.29) is 11.1 Å². The Labute approximate surface area is 171 Å². The number of benzene rings is 1. The normalized spacial score (nSPS) is 11.4. The highest BCUT2D eigenvalue weighted by Gasteiger charge is 2.15. The highest BCUT2D eigenvalue weighted by molar-refractivity contribution is 6.05. The van der Waals surface area contributed by atoms with Crippen molar-refractivity contribution < 1.29 is 4.42 Å². The Morgan fingerprint density at radius 1 is 0.900 bits per heavy atom. The number of nitrogens with zero attached hydrogens (tertiary/aromatic N) is 3. The molecule has 0 bridgehead atoms. The van der Waals surface area contributed by atoms with Gasteiger partial charge >= 0.3 is 0 Å².